The number of thioether (sulfide) groups is 1. The Morgan fingerprint density at radius 3 is 2.36 bits per heavy atom. The molecule has 6 nitrogen and oxygen atoms in total. The fraction of sp³-hybridized carbons (Fsp3) is 0.154. The van der Waals surface area contributed by atoms with Gasteiger partial charge in [-0.3, -0.25) is 19.0 Å². The fourth-order valence-corrected chi connectivity index (χ4v) is 3.44. The molecule has 2 rings (SSSR count). The summed E-state index contributed by atoms with van der Waals surface area (Å²) in [5.41, 5.74) is 1.25. The van der Waals surface area contributed by atoms with E-state index < -0.39 is 21.8 Å². The lowest BCUT2D eigenvalue weighted by Gasteiger charge is -2.12. The summed E-state index contributed by atoms with van der Waals surface area (Å²) in [6.07, 6.45) is 2.33. The van der Waals surface area contributed by atoms with E-state index in [-0.39, 0.29) is 10.9 Å². The average Bonchev–Trinajstić information content (AvgIpc) is 2.71. The normalized spacial score (nSPS) is 17.3. The third kappa shape index (κ3) is 4.23. The molecule has 0 aromatic heterocycles. The van der Waals surface area contributed by atoms with Crippen LogP contribution in [0.2, 0.25) is 0 Å². The Hall–Kier alpha value is -1.55. The van der Waals surface area contributed by atoms with Gasteiger partial charge in [-0.2, -0.15) is 8.42 Å². The highest BCUT2D eigenvalue weighted by molar-refractivity contribution is 8.26. The number of amides is 1. The number of benzene rings is 1. The van der Waals surface area contributed by atoms with Gasteiger partial charge >= 0.3 is 0 Å². The standard InChI is InChI=1S/C13H11NO5S3/c15-8-10-3-1-9(2-4-10)7-11-12(16)14(13(20)21-11)5-6-22(17,18)19/h1-4,7-8H,5-6H2,(H,17,18,19)/b11-7-. The first-order chi connectivity index (χ1) is 10.3. The molecule has 1 heterocycles. The van der Waals surface area contributed by atoms with Crippen LogP contribution in [0.15, 0.2) is 29.2 Å². The summed E-state index contributed by atoms with van der Waals surface area (Å²) >= 11 is 6.10. The monoisotopic (exact) mass is 357 g/mol. The number of rotatable bonds is 5. The van der Waals surface area contributed by atoms with E-state index in [4.69, 9.17) is 16.8 Å². The van der Waals surface area contributed by atoms with Gasteiger partial charge < -0.3 is 0 Å². The Morgan fingerprint density at radius 1 is 1.23 bits per heavy atom. The summed E-state index contributed by atoms with van der Waals surface area (Å²) in [5, 5.41) is 0. The van der Waals surface area contributed by atoms with E-state index in [1.54, 1.807) is 30.3 Å². The van der Waals surface area contributed by atoms with Crippen LogP contribution in [0, 0.1) is 0 Å². The van der Waals surface area contributed by atoms with Crippen LogP contribution >= 0.6 is 24.0 Å². The lowest BCUT2D eigenvalue weighted by atomic mass is 10.1. The molecule has 9 heteroatoms. The second-order valence-electron chi connectivity index (χ2n) is 4.40. The van der Waals surface area contributed by atoms with Gasteiger partial charge in [0.05, 0.1) is 10.7 Å². The molecule has 1 aromatic carbocycles. The molecular formula is C13H11NO5S3. The zero-order chi connectivity index (χ0) is 16.3. The maximum absolute atomic E-state index is 12.2. The minimum atomic E-state index is -4.16. The second-order valence-corrected chi connectivity index (χ2v) is 7.65. The van der Waals surface area contributed by atoms with Gasteiger partial charge in [0.1, 0.15) is 10.6 Å². The third-order valence-corrected chi connectivity index (χ3v) is 4.89. The molecule has 1 aliphatic heterocycles. The molecule has 1 aliphatic rings. The second kappa shape index (κ2) is 6.69. The Morgan fingerprint density at radius 2 is 1.82 bits per heavy atom. The molecule has 116 valence electrons. The molecule has 22 heavy (non-hydrogen) atoms. The molecule has 0 unspecified atom stereocenters. The third-order valence-electron chi connectivity index (χ3n) is 2.82. The largest absolute Gasteiger partial charge is 0.298 e. The minimum absolute atomic E-state index is 0.190. The van der Waals surface area contributed by atoms with Crippen molar-refractivity contribution in [2.24, 2.45) is 0 Å². The summed E-state index contributed by atoms with van der Waals surface area (Å²) in [4.78, 5) is 24.3. The fourth-order valence-electron chi connectivity index (χ4n) is 1.72. The molecule has 0 aliphatic carbocycles. The molecule has 1 saturated heterocycles. The smallest absolute Gasteiger partial charge is 0.266 e. The van der Waals surface area contributed by atoms with Crippen LogP contribution in [0.25, 0.3) is 6.08 Å². The van der Waals surface area contributed by atoms with Gasteiger partial charge in [-0.1, -0.05) is 48.2 Å². The number of aldehydes is 1. The molecule has 1 aromatic rings. The Labute approximate surface area is 136 Å². The van der Waals surface area contributed by atoms with Crippen molar-refractivity contribution >= 4 is 56.7 Å². The van der Waals surface area contributed by atoms with E-state index in [0.717, 1.165) is 28.5 Å². The van der Waals surface area contributed by atoms with Crippen molar-refractivity contribution in [3.8, 4) is 0 Å². The van der Waals surface area contributed by atoms with Gasteiger partial charge in [0.2, 0.25) is 0 Å². The van der Waals surface area contributed by atoms with Crippen LogP contribution in [0.5, 0.6) is 0 Å². The van der Waals surface area contributed by atoms with Crippen molar-refractivity contribution in [3.05, 3.63) is 40.3 Å². The molecule has 1 N–H and O–H groups in total. The molecule has 1 fully saturated rings. The van der Waals surface area contributed by atoms with Crippen LogP contribution in [0.3, 0.4) is 0 Å². The van der Waals surface area contributed by atoms with E-state index in [9.17, 15) is 18.0 Å². The van der Waals surface area contributed by atoms with Crippen LogP contribution in [-0.4, -0.2) is 46.7 Å². The van der Waals surface area contributed by atoms with Crippen molar-refractivity contribution in [3.63, 3.8) is 0 Å². The highest BCUT2D eigenvalue weighted by Crippen LogP contribution is 2.32. The van der Waals surface area contributed by atoms with Gasteiger partial charge in [-0.15, -0.1) is 0 Å². The maximum atomic E-state index is 12.2. The number of hydrogen-bond donors (Lipinski definition) is 1. The predicted molar refractivity (Wildman–Crippen MR) is 88.1 cm³/mol. The maximum Gasteiger partial charge on any atom is 0.266 e. The SMILES string of the molecule is O=Cc1ccc(/C=C2\SC(=S)N(CCS(=O)(=O)O)C2=O)cc1. The number of thiocarbonyl (C=S) groups is 1. The first-order valence-electron chi connectivity index (χ1n) is 6.06. The summed E-state index contributed by atoms with van der Waals surface area (Å²) < 4.78 is 30.5. The van der Waals surface area contributed by atoms with Crippen molar-refractivity contribution < 1.29 is 22.6 Å². The number of carbonyl (C=O) groups is 2. The van der Waals surface area contributed by atoms with Crippen LogP contribution in [0.1, 0.15) is 15.9 Å². The number of carbonyl (C=O) groups excluding carboxylic acids is 2. The quantitative estimate of drug-likeness (QED) is 0.370. The lowest BCUT2D eigenvalue weighted by molar-refractivity contribution is -0.121. The van der Waals surface area contributed by atoms with E-state index in [1.807, 2.05) is 0 Å². The van der Waals surface area contributed by atoms with Crippen LogP contribution < -0.4 is 0 Å². The summed E-state index contributed by atoms with van der Waals surface area (Å²) in [7, 11) is -4.16. The number of nitrogens with zero attached hydrogens (tertiary/aromatic N) is 1. The van der Waals surface area contributed by atoms with Crippen LogP contribution in [-0.2, 0) is 14.9 Å². The van der Waals surface area contributed by atoms with Gasteiger partial charge in [-0.25, -0.2) is 0 Å². The first-order valence-corrected chi connectivity index (χ1v) is 8.89. The lowest BCUT2D eigenvalue weighted by Crippen LogP contribution is -2.32. The number of hydrogen-bond acceptors (Lipinski definition) is 6. The Kier molecular flexibility index (Phi) is 5.12. The highest BCUT2D eigenvalue weighted by atomic mass is 32.2. The van der Waals surface area contributed by atoms with E-state index >= 15 is 0 Å². The van der Waals surface area contributed by atoms with Crippen molar-refractivity contribution in [2.75, 3.05) is 12.3 Å². The predicted octanol–water partition coefficient (Wildman–Crippen LogP) is 1.59. The molecule has 0 radical (unpaired) electrons. The minimum Gasteiger partial charge on any atom is -0.298 e. The van der Waals surface area contributed by atoms with Gasteiger partial charge in [0.15, 0.2) is 0 Å². The van der Waals surface area contributed by atoms with Crippen LogP contribution in [0.4, 0.5) is 0 Å². The van der Waals surface area contributed by atoms with Gasteiger partial charge in [0.25, 0.3) is 16.0 Å². The topological polar surface area (TPSA) is 91.8 Å². The van der Waals surface area contributed by atoms with Crippen molar-refractivity contribution in [2.45, 2.75) is 0 Å². The molecule has 0 spiro atoms. The zero-order valence-corrected chi connectivity index (χ0v) is 13.6. The molecule has 0 atom stereocenters. The molecule has 0 saturated carbocycles. The molecular weight excluding hydrogens is 346 g/mol. The van der Waals surface area contributed by atoms with E-state index in [2.05, 4.69) is 0 Å². The Balaban J connectivity index is 2.16. The van der Waals surface area contributed by atoms with E-state index in [0.29, 0.717) is 10.5 Å². The van der Waals surface area contributed by atoms with E-state index in [1.165, 1.54) is 0 Å². The van der Waals surface area contributed by atoms with Crippen molar-refractivity contribution in [1.29, 1.82) is 0 Å². The zero-order valence-electron chi connectivity index (χ0n) is 11.1. The van der Waals surface area contributed by atoms with Crippen molar-refractivity contribution in [1.82, 2.24) is 4.90 Å². The molecule has 0 bridgehead atoms. The van der Waals surface area contributed by atoms with Gasteiger partial charge in [0, 0.05) is 12.1 Å². The molecule has 1 amide bonds. The van der Waals surface area contributed by atoms with Gasteiger partial charge in [-0.05, 0) is 11.6 Å². The summed E-state index contributed by atoms with van der Waals surface area (Å²) in [6, 6.07) is 6.62. The first kappa shape index (κ1) is 16.8. The highest BCUT2D eigenvalue weighted by Gasteiger charge is 2.32. The Bertz CT molecular complexity index is 752. The summed E-state index contributed by atoms with van der Waals surface area (Å²) in [6.45, 7) is -0.190. The summed E-state index contributed by atoms with van der Waals surface area (Å²) in [5.74, 6) is -0.973. The average molecular weight is 357 g/mol.